The summed E-state index contributed by atoms with van der Waals surface area (Å²) in [5, 5.41) is 12.9. The molecule has 2 heterocycles. The average Bonchev–Trinajstić information content (AvgIpc) is 2.97. The molecule has 1 aliphatic carbocycles. The van der Waals surface area contributed by atoms with Crippen LogP contribution in [0, 0.1) is 5.92 Å². The van der Waals surface area contributed by atoms with Gasteiger partial charge in [-0.2, -0.15) is 0 Å². The van der Waals surface area contributed by atoms with Gasteiger partial charge in [-0.1, -0.05) is 31.5 Å². The molecule has 1 N–H and O–H groups in total. The third kappa shape index (κ3) is 2.71. The monoisotopic (exact) mass is 293 g/mol. The predicted octanol–water partition coefficient (Wildman–Crippen LogP) is 2.52. The van der Waals surface area contributed by atoms with Gasteiger partial charge in [0.15, 0.2) is 11.0 Å². The van der Waals surface area contributed by atoms with E-state index < -0.39 is 0 Å². The highest BCUT2D eigenvalue weighted by molar-refractivity contribution is 8.14. The van der Waals surface area contributed by atoms with E-state index in [0.29, 0.717) is 5.54 Å². The summed E-state index contributed by atoms with van der Waals surface area (Å²) in [7, 11) is 1.96. The van der Waals surface area contributed by atoms with Crippen LogP contribution < -0.4 is 5.32 Å². The number of nitrogens with one attached hydrogen (secondary N) is 1. The van der Waals surface area contributed by atoms with E-state index in [0.717, 1.165) is 22.7 Å². The average molecular weight is 293 g/mol. The summed E-state index contributed by atoms with van der Waals surface area (Å²) in [5.74, 6) is 2.90. The van der Waals surface area contributed by atoms with Gasteiger partial charge in [-0.3, -0.25) is 4.99 Å². The summed E-state index contributed by atoms with van der Waals surface area (Å²) in [5.41, 5.74) is 0.292. The van der Waals surface area contributed by atoms with Crippen LogP contribution in [0.5, 0.6) is 0 Å². The Hall–Kier alpha value is -1.04. The Labute approximate surface area is 124 Å². The van der Waals surface area contributed by atoms with Crippen LogP contribution in [0.1, 0.15) is 51.4 Å². The fourth-order valence-corrected chi connectivity index (χ4v) is 4.65. The first-order chi connectivity index (χ1) is 9.58. The third-order valence-electron chi connectivity index (χ3n) is 4.38. The molecule has 20 heavy (non-hydrogen) atoms. The number of amidine groups is 1. The number of aryl methyl sites for hydroxylation is 1. The van der Waals surface area contributed by atoms with Crippen LogP contribution in [-0.4, -0.2) is 31.2 Å². The van der Waals surface area contributed by atoms with Gasteiger partial charge in [0, 0.05) is 18.3 Å². The number of thioether (sulfide) groups is 1. The molecule has 2 aliphatic rings. The highest BCUT2D eigenvalue weighted by Crippen LogP contribution is 2.39. The highest BCUT2D eigenvalue weighted by Gasteiger charge is 2.40. The lowest BCUT2D eigenvalue weighted by atomic mass is 9.78. The molecule has 110 valence electrons. The normalized spacial score (nSPS) is 33.5. The molecule has 0 bridgehead atoms. The molecule has 2 fully saturated rings. The minimum absolute atomic E-state index is 0.0497. The molecule has 0 aromatic carbocycles. The summed E-state index contributed by atoms with van der Waals surface area (Å²) in [6.07, 6.45) is 6.99. The Morgan fingerprint density at radius 2 is 2.45 bits per heavy atom. The van der Waals surface area contributed by atoms with E-state index in [1.165, 1.54) is 25.7 Å². The first-order valence-electron chi connectivity index (χ1n) is 7.41. The highest BCUT2D eigenvalue weighted by atomic mass is 32.2. The zero-order valence-electron chi connectivity index (χ0n) is 12.5. The van der Waals surface area contributed by atoms with Gasteiger partial charge in [-0.25, -0.2) is 0 Å². The van der Waals surface area contributed by atoms with Crippen molar-refractivity contribution in [2.24, 2.45) is 18.0 Å². The molecule has 3 rings (SSSR count). The smallest absolute Gasteiger partial charge is 0.157 e. The van der Waals surface area contributed by atoms with Gasteiger partial charge in [-0.15, -0.1) is 10.2 Å². The molecule has 6 heteroatoms. The van der Waals surface area contributed by atoms with Crippen molar-refractivity contribution < 1.29 is 0 Å². The lowest BCUT2D eigenvalue weighted by Gasteiger charge is -2.36. The van der Waals surface area contributed by atoms with Crippen LogP contribution in [0.25, 0.3) is 0 Å². The van der Waals surface area contributed by atoms with Gasteiger partial charge in [-0.05, 0) is 25.7 Å². The van der Waals surface area contributed by atoms with Crippen LogP contribution in [0.3, 0.4) is 0 Å². The van der Waals surface area contributed by atoms with E-state index in [-0.39, 0.29) is 6.04 Å². The minimum atomic E-state index is 0.0497. The maximum atomic E-state index is 4.80. The standard InChI is InChI=1S/C14H23N5S/c1-10-5-4-6-14(7-10)8-20-13(17-14)16-11(2)12-18-15-9-19(12)3/h9-11H,4-8H2,1-3H3,(H,16,17). The largest absolute Gasteiger partial charge is 0.359 e. The van der Waals surface area contributed by atoms with Gasteiger partial charge >= 0.3 is 0 Å². The lowest BCUT2D eigenvalue weighted by molar-refractivity contribution is 0.242. The van der Waals surface area contributed by atoms with E-state index in [4.69, 9.17) is 4.99 Å². The Bertz CT molecular complexity index is 511. The van der Waals surface area contributed by atoms with Gasteiger partial charge < -0.3 is 9.88 Å². The summed E-state index contributed by atoms with van der Waals surface area (Å²) in [4.78, 5) is 4.80. The van der Waals surface area contributed by atoms with Gasteiger partial charge in [0.2, 0.25) is 0 Å². The maximum Gasteiger partial charge on any atom is 0.157 e. The quantitative estimate of drug-likeness (QED) is 0.910. The Morgan fingerprint density at radius 1 is 1.60 bits per heavy atom. The molecular weight excluding hydrogens is 270 g/mol. The number of aromatic nitrogens is 3. The van der Waals surface area contributed by atoms with Crippen molar-refractivity contribution in [1.29, 1.82) is 0 Å². The summed E-state index contributed by atoms with van der Waals surface area (Å²) in [6, 6.07) is 0.0497. The van der Waals surface area contributed by atoms with Crippen molar-refractivity contribution in [2.75, 3.05) is 5.75 Å². The number of nitrogens with zero attached hydrogens (tertiary/aromatic N) is 4. The topological polar surface area (TPSA) is 55.1 Å². The zero-order chi connectivity index (χ0) is 14.2. The summed E-state index contributed by atoms with van der Waals surface area (Å²) >= 11 is 1.86. The van der Waals surface area contributed by atoms with Crippen molar-refractivity contribution in [1.82, 2.24) is 20.1 Å². The van der Waals surface area contributed by atoms with E-state index >= 15 is 0 Å². The molecule has 3 atom stereocenters. The molecule has 1 saturated heterocycles. The Kier molecular flexibility index (Phi) is 3.75. The molecule has 1 aliphatic heterocycles. The van der Waals surface area contributed by atoms with Crippen LogP contribution in [0.2, 0.25) is 0 Å². The van der Waals surface area contributed by atoms with Gasteiger partial charge in [0.05, 0.1) is 0 Å². The van der Waals surface area contributed by atoms with Crippen LogP contribution in [-0.2, 0) is 7.05 Å². The Balaban J connectivity index is 1.70. The van der Waals surface area contributed by atoms with E-state index in [1.807, 2.05) is 23.4 Å². The first-order valence-corrected chi connectivity index (χ1v) is 8.39. The SMILES string of the molecule is CC1CCCC2(CSC(=NC(C)c3nncn3C)N2)C1. The second-order valence-corrected chi connectivity index (χ2v) is 7.27. The second-order valence-electron chi connectivity index (χ2n) is 6.31. The van der Waals surface area contributed by atoms with Crippen LogP contribution >= 0.6 is 11.8 Å². The molecule has 5 nitrogen and oxygen atoms in total. The second kappa shape index (κ2) is 5.39. The van der Waals surface area contributed by atoms with Gasteiger partial charge in [0.25, 0.3) is 0 Å². The van der Waals surface area contributed by atoms with Crippen molar-refractivity contribution in [3.63, 3.8) is 0 Å². The molecule has 3 unspecified atom stereocenters. The van der Waals surface area contributed by atoms with E-state index in [1.54, 1.807) is 6.33 Å². The maximum absolute atomic E-state index is 4.80. The number of hydrogen-bond acceptors (Lipinski definition) is 4. The first kappa shape index (κ1) is 13.9. The fraction of sp³-hybridized carbons (Fsp3) is 0.786. The number of aliphatic imine (C=N–C) groups is 1. The van der Waals surface area contributed by atoms with Gasteiger partial charge in [0.1, 0.15) is 12.4 Å². The number of rotatable bonds is 2. The molecule has 1 aromatic rings. The van der Waals surface area contributed by atoms with Crippen molar-refractivity contribution >= 4 is 16.9 Å². The number of hydrogen-bond donors (Lipinski definition) is 1. The van der Waals surface area contributed by atoms with Crippen LogP contribution in [0.15, 0.2) is 11.3 Å². The van der Waals surface area contributed by atoms with Crippen molar-refractivity contribution in [2.45, 2.75) is 51.1 Å². The molecule has 1 spiro atoms. The summed E-state index contributed by atoms with van der Waals surface area (Å²) < 4.78 is 1.94. The zero-order valence-corrected chi connectivity index (χ0v) is 13.3. The minimum Gasteiger partial charge on any atom is -0.359 e. The van der Waals surface area contributed by atoms with E-state index in [2.05, 4.69) is 29.4 Å². The van der Waals surface area contributed by atoms with Crippen molar-refractivity contribution in [3.8, 4) is 0 Å². The molecular formula is C14H23N5S. The third-order valence-corrected chi connectivity index (χ3v) is 5.56. The van der Waals surface area contributed by atoms with Crippen molar-refractivity contribution in [3.05, 3.63) is 12.2 Å². The molecule has 0 amide bonds. The molecule has 1 saturated carbocycles. The van der Waals surface area contributed by atoms with Crippen LogP contribution in [0.4, 0.5) is 0 Å². The van der Waals surface area contributed by atoms with E-state index in [9.17, 15) is 0 Å². The molecule has 1 aromatic heterocycles. The Morgan fingerprint density at radius 3 is 3.15 bits per heavy atom. The predicted molar refractivity (Wildman–Crippen MR) is 82.8 cm³/mol. The molecule has 0 radical (unpaired) electrons. The summed E-state index contributed by atoms with van der Waals surface area (Å²) in [6.45, 7) is 4.44. The lowest BCUT2D eigenvalue weighted by Crippen LogP contribution is -2.47. The fourth-order valence-electron chi connectivity index (χ4n) is 3.38.